The van der Waals surface area contributed by atoms with Crippen molar-refractivity contribution in [3.63, 3.8) is 0 Å². The van der Waals surface area contributed by atoms with E-state index in [4.69, 9.17) is 0 Å². The lowest BCUT2D eigenvalue weighted by molar-refractivity contribution is -0.124. The normalized spacial score (nSPS) is 19.2. The van der Waals surface area contributed by atoms with Crippen molar-refractivity contribution in [1.82, 2.24) is 10.6 Å². The zero-order valence-electron chi connectivity index (χ0n) is 9.30. The summed E-state index contributed by atoms with van der Waals surface area (Å²) in [4.78, 5) is 22.6. The Morgan fingerprint density at radius 1 is 1.39 bits per heavy atom. The van der Waals surface area contributed by atoms with Gasteiger partial charge in [-0.3, -0.25) is 14.9 Å². The standard InChI is InChI=1S/C11H11F2N3O2/c12-6-2-1-3-7(10(6)13)16-11(18)8-4-15-9(17)5-14-8/h1-3,8,14H,4-5H2,(H,15,17)(H,16,18). The number of benzene rings is 1. The van der Waals surface area contributed by atoms with Crippen LogP contribution < -0.4 is 16.0 Å². The van der Waals surface area contributed by atoms with Crippen LogP contribution in [0.2, 0.25) is 0 Å². The van der Waals surface area contributed by atoms with Crippen LogP contribution in [-0.2, 0) is 9.59 Å². The number of carbonyl (C=O) groups is 2. The average molecular weight is 255 g/mol. The van der Waals surface area contributed by atoms with Crippen molar-refractivity contribution < 1.29 is 18.4 Å². The number of anilines is 1. The maximum Gasteiger partial charge on any atom is 0.243 e. The Bertz CT molecular complexity index is 483. The van der Waals surface area contributed by atoms with Gasteiger partial charge >= 0.3 is 0 Å². The minimum absolute atomic E-state index is 0.0176. The maximum absolute atomic E-state index is 13.3. The van der Waals surface area contributed by atoms with Gasteiger partial charge in [-0.15, -0.1) is 0 Å². The Morgan fingerprint density at radius 2 is 2.17 bits per heavy atom. The number of hydrogen-bond donors (Lipinski definition) is 3. The molecule has 0 radical (unpaired) electrons. The SMILES string of the molecule is O=C1CNC(C(=O)Nc2cccc(F)c2F)CN1. The van der Waals surface area contributed by atoms with Gasteiger partial charge in [-0.1, -0.05) is 6.07 Å². The Balaban J connectivity index is 2.03. The van der Waals surface area contributed by atoms with Crippen molar-refractivity contribution in [2.45, 2.75) is 6.04 Å². The second kappa shape index (κ2) is 5.09. The van der Waals surface area contributed by atoms with Crippen LogP contribution in [0.15, 0.2) is 18.2 Å². The number of rotatable bonds is 2. The third kappa shape index (κ3) is 2.62. The van der Waals surface area contributed by atoms with Crippen LogP contribution in [0.5, 0.6) is 0 Å². The average Bonchev–Trinajstić information content (AvgIpc) is 2.36. The van der Waals surface area contributed by atoms with E-state index < -0.39 is 23.6 Å². The zero-order valence-corrected chi connectivity index (χ0v) is 9.30. The number of nitrogens with one attached hydrogen (secondary N) is 3. The van der Waals surface area contributed by atoms with Crippen LogP contribution in [0, 0.1) is 11.6 Å². The van der Waals surface area contributed by atoms with E-state index in [1.807, 2.05) is 0 Å². The van der Waals surface area contributed by atoms with E-state index in [9.17, 15) is 18.4 Å². The van der Waals surface area contributed by atoms with Crippen molar-refractivity contribution in [2.24, 2.45) is 0 Å². The first-order valence-corrected chi connectivity index (χ1v) is 5.33. The van der Waals surface area contributed by atoms with Gasteiger partial charge < -0.3 is 10.6 Å². The molecule has 0 saturated carbocycles. The Kier molecular flexibility index (Phi) is 3.52. The minimum Gasteiger partial charge on any atom is -0.353 e. The molecule has 18 heavy (non-hydrogen) atoms. The number of carbonyl (C=O) groups excluding carboxylic acids is 2. The molecule has 1 atom stereocenters. The highest BCUT2D eigenvalue weighted by atomic mass is 19.2. The summed E-state index contributed by atoms with van der Waals surface area (Å²) < 4.78 is 26.2. The zero-order chi connectivity index (χ0) is 13.1. The minimum atomic E-state index is -1.11. The van der Waals surface area contributed by atoms with E-state index in [1.54, 1.807) is 0 Å². The summed E-state index contributed by atoms with van der Waals surface area (Å²) in [6.45, 7) is 0.130. The second-order valence-corrected chi connectivity index (χ2v) is 3.83. The number of hydrogen-bond acceptors (Lipinski definition) is 3. The maximum atomic E-state index is 13.3. The first-order chi connectivity index (χ1) is 8.58. The van der Waals surface area contributed by atoms with Gasteiger partial charge in [0.15, 0.2) is 11.6 Å². The molecule has 1 aliphatic rings. The van der Waals surface area contributed by atoms with Crippen molar-refractivity contribution in [3.05, 3.63) is 29.8 Å². The molecule has 3 N–H and O–H groups in total. The van der Waals surface area contributed by atoms with E-state index in [-0.39, 0.29) is 24.7 Å². The van der Waals surface area contributed by atoms with Crippen molar-refractivity contribution >= 4 is 17.5 Å². The largest absolute Gasteiger partial charge is 0.353 e. The topological polar surface area (TPSA) is 70.2 Å². The predicted molar refractivity (Wildman–Crippen MR) is 59.8 cm³/mol. The molecule has 96 valence electrons. The molecule has 0 spiro atoms. The first-order valence-electron chi connectivity index (χ1n) is 5.33. The third-order valence-electron chi connectivity index (χ3n) is 2.54. The fourth-order valence-electron chi connectivity index (χ4n) is 1.57. The molecule has 1 saturated heterocycles. The van der Waals surface area contributed by atoms with Crippen molar-refractivity contribution in [2.75, 3.05) is 18.4 Å². The monoisotopic (exact) mass is 255 g/mol. The van der Waals surface area contributed by atoms with E-state index >= 15 is 0 Å². The summed E-state index contributed by atoms with van der Waals surface area (Å²) in [5.74, 6) is -2.88. The number of halogens is 2. The molecule has 1 heterocycles. The van der Waals surface area contributed by atoms with Crippen LogP contribution >= 0.6 is 0 Å². The highest BCUT2D eigenvalue weighted by Crippen LogP contribution is 2.16. The Morgan fingerprint density at radius 3 is 2.83 bits per heavy atom. The van der Waals surface area contributed by atoms with Gasteiger partial charge in [0.1, 0.15) is 6.04 Å². The third-order valence-corrected chi connectivity index (χ3v) is 2.54. The fourth-order valence-corrected chi connectivity index (χ4v) is 1.57. The summed E-state index contributed by atoms with van der Waals surface area (Å²) in [6.07, 6.45) is 0. The lowest BCUT2D eigenvalue weighted by Crippen LogP contribution is -2.56. The lowest BCUT2D eigenvalue weighted by Gasteiger charge is -2.23. The molecule has 2 rings (SSSR count). The summed E-state index contributed by atoms with van der Waals surface area (Å²) in [5, 5.41) is 7.45. The van der Waals surface area contributed by atoms with Gasteiger partial charge in [0, 0.05) is 6.54 Å². The molecule has 2 amide bonds. The molecule has 0 aliphatic carbocycles. The summed E-state index contributed by atoms with van der Waals surface area (Å²) in [7, 11) is 0. The molecule has 0 bridgehead atoms. The summed E-state index contributed by atoms with van der Waals surface area (Å²) in [5.41, 5.74) is -0.223. The van der Waals surface area contributed by atoms with Gasteiger partial charge in [0.2, 0.25) is 11.8 Å². The molecule has 1 aromatic carbocycles. The van der Waals surface area contributed by atoms with Gasteiger partial charge in [-0.2, -0.15) is 0 Å². The Labute approximate surface area is 102 Å². The van der Waals surface area contributed by atoms with Gasteiger partial charge in [0.25, 0.3) is 0 Å². The van der Waals surface area contributed by atoms with E-state index in [2.05, 4.69) is 16.0 Å². The van der Waals surface area contributed by atoms with Crippen LogP contribution in [0.1, 0.15) is 0 Å². The first kappa shape index (κ1) is 12.4. The summed E-state index contributed by atoms with van der Waals surface area (Å²) in [6, 6.07) is 2.86. The molecular formula is C11H11F2N3O2. The molecule has 7 heteroatoms. The molecule has 5 nitrogen and oxygen atoms in total. The van der Waals surface area contributed by atoms with Crippen molar-refractivity contribution in [1.29, 1.82) is 0 Å². The quantitative estimate of drug-likeness (QED) is 0.696. The van der Waals surface area contributed by atoms with E-state index in [0.29, 0.717) is 0 Å². The van der Waals surface area contributed by atoms with Crippen LogP contribution in [0.4, 0.5) is 14.5 Å². The van der Waals surface area contributed by atoms with Gasteiger partial charge in [-0.25, -0.2) is 8.78 Å². The molecule has 1 unspecified atom stereocenters. The molecule has 1 fully saturated rings. The highest BCUT2D eigenvalue weighted by Gasteiger charge is 2.24. The van der Waals surface area contributed by atoms with Crippen LogP contribution in [0.25, 0.3) is 0 Å². The van der Waals surface area contributed by atoms with E-state index in [0.717, 1.165) is 6.07 Å². The molecular weight excluding hydrogens is 244 g/mol. The van der Waals surface area contributed by atoms with Gasteiger partial charge in [-0.05, 0) is 12.1 Å². The fraction of sp³-hybridized carbons (Fsp3) is 0.273. The highest BCUT2D eigenvalue weighted by molar-refractivity contribution is 5.96. The predicted octanol–water partition coefficient (Wildman–Crippen LogP) is -0.00870. The van der Waals surface area contributed by atoms with Gasteiger partial charge in [0.05, 0.1) is 12.2 Å². The number of piperazine rings is 1. The summed E-state index contributed by atoms with van der Waals surface area (Å²) >= 11 is 0. The molecule has 1 aliphatic heterocycles. The van der Waals surface area contributed by atoms with Crippen molar-refractivity contribution in [3.8, 4) is 0 Å². The second-order valence-electron chi connectivity index (χ2n) is 3.83. The lowest BCUT2D eigenvalue weighted by atomic mass is 10.2. The number of amides is 2. The molecule has 1 aromatic rings. The smallest absolute Gasteiger partial charge is 0.243 e. The van der Waals surface area contributed by atoms with E-state index in [1.165, 1.54) is 12.1 Å². The van der Waals surface area contributed by atoms with Crippen LogP contribution in [-0.4, -0.2) is 30.9 Å². The Hall–Kier alpha value is -2.02. The van der Waals surface area contributed by atoms with Crippen LogP contribution in [0.3, 0.4) is 0 Å². The molecule has 0 aromatic heterocycles.